The highest BCUT2D eigenvalue weighted by Crippen LogP contribution is 2.23. The summed E-state index contributed by atoms with van der Waals surface area (Å²) in [6, 6.07) is 0. The predicted octanol–water partition coefficient (Wildman–Crippen LogP) is 3.36. The van der Waals surface area contributed by atoms with Gasteiger partial charge in [0.25, 0.3) is 0 Å². The van der Waals surface area contributed by atoms with Crippen LogP contribution in [0.1, 0.15) is 67.2 Å². The standard InChI is InChI=1S/C16H30O2/c1-7-15(17,11-13(3)4)9-10-16(18,8-2)12-14(5)6/h13-14,17-18H,7-8,11-12H2,1-6H3. The molecule has 0 aliphatic rings. The van der Waals surface area contributed by atoms with Crippen LogP contribution in [0.25, 0.3) is 0 Å². The maximum Gasteiger partial charge on any atom is 0.125 e. The van der Waals surface area contributed by atoms with Crippen LogP contribution in [0.15, 0.2) is 0 Å². The summed E-state index contributed by atoms with van der Waals surface area (Å²) in [6.07, 6.45) is 2.50. The minimum Gasteiger partial charge on any atom is -0.378 e. The maximum absolute atomic E-state index is 10.4. The Hall–Kier alpha value is -0.520. The second-order valence-electron chi connectivity index (χ2n) is 6.22. The molecule has 106 valence electrons. The van der Waals surface area contributed by atoms with E-state index in [1.54, 1.807) is 0 Å². The van der Waals surface area contributed by atoms with Crippen LogP contribution in [-0.4, -0.2) is 21.4 Å². The highest BCUT2D eigenvalue weighted by Gasteiger charge is 2.27. The van der Waals surface area contributed by atoms with E-state index in [0.717, 1.165) is 0 Å². The molecule has 0 aliphatic carbocycles. The van der Waals surface area contributed by atoms with Gasteiger partial charge in [-0.1, -0.05) is 53.4 Å². The Morgan fingerprint density at radius 3 is 1.22 bits per heavy atom. The van der Waals surface area contributed by atoms with Crippen molar-refractivity contribution in [1.82, 2.24) is 0 Å². The summed E-state index contributed by atoms with van der Waals surface area (Å²) in [5, 5.41) is 20.8. The second kappa shape index (κ2) is 7.16. The van der Waals surface area contributed by atoms with Gasteiger partial charge in [0.15, 0.2) is 0 Å². The molecule has 0 bridgehead atoms. The Morgan fingerprint density at radius 2 is 1.06 bits per heavy atom. The predicted molar refractivity (Wildman–Crippen MR) is 77.2 cm³/mol. The van der Waals surface area contributed by atoms with E-state index in [4.69, 9.17) is 0 Å². The van der Waals surface area contributed by atoms with Crippen LogP contribution in [0, 0.1) is 23.7 Å². The van der Waals surface area contributed by atoms with E-state index in [9.17, 15) is 10.2 Å². The van der Waals surface area contributed by atoms with Crippen molar-refractivity contribution in [3.05, 3.63) is 0 Å². The Bertz CT molecular complexity index is 270. The Morgan fingerprint density at radius 1 is 0.778 bits per heavy atom. The smallest absolute Gasteiger partial charge is 0.125 e. The minimum atomic E-state index is -0.964. The summed E-state index contributed by atoms with van der Waals surface area (Å²) >= 11 is 0. The topological polar surface area (TPSA) is 40.5 Å². The molecule has 0 aromatic carbocycles. The van der Waals surface area contributed by atoms with Crippen molar-refractivity contribution in [3.63, 3.8) is 0 Å². The summed E-state index contributed by atoms with van der Waals surface area (Å²) in [6.45, 7) is 12.2. The van der Waals surface area contributed by atoms with Crippen molar-refractivity contribution in [1.29, 1.82) is 0 Å². The fourth-order valence-electron chi connectivity index (χ4n) is 2.15. The van der Waals surface area contributed by atoms with Crippen LogP contribution < -0.4 is 0 Å². The fraction of sp³-hybridized carbons (Fsp3) is 0.875. The summed E-state index contributed by atoms with van der Waals surface area (Å²) in [4.78, 5) is 0. The molecule has 2 atom stereocenters. The normalized spacial score (nSPS) is 18.1. The monoisotopic (exact) mass is 254 g/mol. The van der Waals surface area contributed by atoms with Crippen LogP contribution in [0.4, 0.5) is 0 Å². The van der Waals surface area contributed by atoms with Crippen LogP contribution in [0.2, 0.25) is 0 Å². The van der Waals surface area contributed by atoms with Crippen LogP contribution in [0.3, 0.4) is 0 Å². The molecule has 0 radical (unpaired) electrons. The number of hydrogen-bond acceptors (Lipinski definition) is 2. The molecular formula is C16H30O2. The molecule has 0 fully saturated rings. The highest BCUT2D eigenvalue weighted by atomic mass is 16.3. The summed E-state index contributed by atoms with van der Waals surface area (Å²) in [5.41, 5.74) is -1.93. The third-order valence-corrected chi connectivity index (χ3v) is 3.19. The van der Waals surface area contributed by atoms with E-state index in [1.165, 1.54) is 0 Å². The first-order chi connectivity index (χ1) is 8.16. The Balaban J connectivity index is 4.96. The molecule has 18 heavy (non-hydrogen) atoms. The van der Waals surface area contributed by atoms with Crippen molar-refractivity contribution < 1.29 is 10.2 Å². The Kier molecular flexibility index (Phi) is 6.96. The van der Waals surface area contributed by atoms with Crippen LogP contribution >= 0.6 is 0 Å². The lowest BCUT2D eigenvalue weighted by molar-refractivity contribution is 0.0626. The molecule has 0 aromatic rings. The van der Waals surface area contributed by atoms with E-state index in [2.05, 4.69) is 39.5 Å². The lowest BCUT2D eigenvalue weighted by Crippen LogP contribution is -2.32. The maximum atomic E-state index is 10.4. The van der Waals surface area contributed by atoms with Crippen molar-refractivity contribution in [3.8, 4) is 11.8 Å². The van der Waals surface area contributed by atoms with Crippen LogP contribution in [-0.2, 0) is 0 Å². The molecule has 2 N–H and O–H groups in total. The molecular weight excluding hydrogens is 224 g/mol. The number of aliphatic hydroxyl groups is 2. The van der Waals surface area contributed by atoms with Gasteiger partial charge in [0.05, 0.1) is 0 Å². The second-order valence-corrected chi connectivity index (χ2v) is 6.22. The lowest BCUT2D eigenvalue weighted by Gasteiger charge is -2.26. The highest BCUT2D eigenvalue weighted by molar-refractivity contribution is 5.21. The summed E-state index contributed by atoms with van der Waals surface area (Å²) in [7, 11) is 0. The average molecular weight is 254 g/mol. The minimum absolute atomic E-state index is 0.393. The lowest BCUT2D eigenvalue weighted by atomic mass is 9.86. The Labute approximate surface area is 113 Å². The van der Waals surface area contributed by atoms with Gasteiger partial charge in [-0.2, -0.15) is 0 Å². The molecule has 2 unspecified atom stereocenters. The molecule has 2 nitrogen and oxygen atoms in total. The first kappa shape index (κ1) is 17.5. The van der Waals surface area contributed by atoms with Gasteiger partial charge < -0.3 is 10.2 Å². The van der Waals surface area contributed by atoms with Gasteiger partial charge in [-0.25, -0.2) is 0 Å². The van der Waals surface area contributed by atoms with Gasteiger partial charge in [-0.05, 0) is 37.5 Å². The van der Waals surface area contributed by atoms with Crippen molar-refractivity contribution in [2.24, 2.45) is 11.8 Å². The van der Waals surface area contributed by atoms with E-state index in [0.29, 0.717) is 37.5 Å². The zero-order chi connectivity index (χ0) is 14.4. The van der Waals surface area contributed by atoms with E-state index in [1.807, 2.05) is 13.8 Å². The fourth-order valence-corrected chi connectivity index (χ4v) is 2.15. The number of rotatable bonds is 6. The molecule has 0 amide bonds. The average Bonchev–Trinajstić information content (AvgIpc) is 2.25. The third-order valence-electron chi connectivity index (χ3n) is 3.19. The van der Waals surface area contributed by atoms with Gasteiger partial charge in [0.1, 0.15) is 11.2 Å². The molecule has 0 saturated carbocycles. The quantitative estimate of drug-likeness (QED) is 0.714. The van der Waals surface area contributed by atoms with Gasteiger partial charge in [0, 0.05) is 0 Å². The van der Waals surface area contributed by atoms with Crippen molar-refractivity contribution in [2.75, 3.05) is 0 Å². The third kappa shape index (κ3) is 6.42. The molecule has 0 heterocycles. The first-order valence-corrected chi connectivity index (χ1v) is 7.15. The van der Waals surface area contributed by atoms with E-state index >= 15 is 0 Å². The molecule has 2 heteroatoms. The molecule has 0 aliphatic heterocycles. The zero-order valence-electron chi connectivity index (χ0n) is 12.9. The van der Waals surface area contributed by atoms with E-state index in [-0.39, 0.29) is 0 Å². The molecule has 0 spiro atoms. The first-order valence-electron chi connectivity index (χ1n) is 7.15. The van der Waals surface area contributed by atoms with Crippen molar-refractivity contribution >= 4 is 0 Å². The van der Waals surface area contributed by atoms with Crippen LogP contribution in [0.5, 0.6) is 0 Å². The van der Waals surface area contributed by atoms with Gasteiger partial charge >= 0.3 is 0 Å². The largest absolute Gasteiger partial charge is 0.378 e. The summed E-state index contributed by atoms with van der Waals surface area (Å²) < 4.78 is 0. The van der Waals surface area contributed by atoms with E-state index < -0.39 is 11.2 Å². The van der Waals surface area contributed by atoms with Gasteiger partial charge in [0.2, 0.25) is 0 Å². The molecule has 0 aromatic heterocycles. The van der Waals surface area contributed by atoms with Gasteiger partial charge in [-0.15, -0.1) is 0 Å². The molecule has 0 rings (SSSR count). The SMILES string of the molecule is CCC(O)(C#CC(O)(CC)CC(C)C)CC(C)C. The summed E-state index contributed by atoms with van der Waals surface area (Å²) in [5.74, 6) is 6.64. The number of hydrogen-bond donors (Lipinski definition) is 2. The van der Waals surface area contributed by atoms with Crippen molar-refractivity contribution in [2.45, 2.75) is 78.4 Å². The van der Waals surface area contributed by atoms with Gasteiger partial charge in [-0.3, -0.25) is 0 Å². The zero-order valence-corrected chi connectivity index (χ0v) is 12.9. The molecule has 0 saturated heterocycles.